The molecule has 1 heterocycles. The monoisotopic (exact) mass is 419 g/mol. The van der Waals surface area contributed by atoms with Crippen LogP contribution in [0.15, 0.2) is 78.0 Å². The number of thioether (sulfide) groups is 1. The van der Waals surface area contributed by atoms with Crippen molar-refractivity contribution in [2.75, 3.05) is 12.4 Å². The van der Waals surface area contributed by atoms with Crippen LogP contribution in [0.4, 0.5) is 4.39 Å². The summed E-state index contributed by atoms with van der Waals surface area (Å²) in [4.78, 5) is 0. The number of para-hydroxylation sites is 1. The van der Waals surface area contributed by atoms with Gasteiger partial charge in [0.2, 0.25) is 0 Å². The second kappa shape index (κ2) is 9.13. The molecule has 0 saturated heterocycles. The van der Waals surface area contributed by atoms with Crippen molar-refractivity contribution in [3.63, 3.8) is 0 Å². The molecule has 4 rings (SSSR count). The van der Waals surface area contributed by atoms with Crippen LogP contribution < -0.4 is 4.74 Å². The highest BCUT2D eigenvalue weighted by Gasteiger charge is 2.16. The molecular formula is C24H22FN3OS. The fourth-order valence-electron chi connectivity index (χ4n) is 3.08. The molecule has 1 aromatic heterocycles. The van der Waals surface area contributed by atoms with Gasteiger partial charge in [-0.3, -0.25) is 4.57 Å². The molecule has 0 spiro atoms. The minimum atomic E-state index is -0.354. The Balaban J connectivity index is 1.59. The van der Waals surface area contributed by atoms with Crippen LogP contribution in [-0.2, 0) is 0 Å². The molecule has 0 aliphatic carbocycles. The van der Waals surface area contributed by atoms with Crippen molar-refractivity contribution in [2.45, 2.75) is 19.0 Å². The van der Waals surface area contributed by atoms with Crippen LogP contribution in [-0.4, -0.2) is 27.1 Å². The third kappa shape index (κ3) is 4.39. The Kier molecular flexibility index (Phi) is 6.14. The predicted octanol–water partition coefficient (Wildman–Crippen LogP) is 5.86. The molecule has 0 fully saturated rings. The molecule has 0 amide bonds. The number of aromatic nitrogens is 3. The van der Waals surface area contributed by atoms with Gasteiger partial charge >= 0.3 is 0 Å². The van der Waals surface area contributed by atoms with Crippen LogP contribution in [0.1, 0.15) is 11.1 Å². The molecule has 0 unspecified atom stereocenters. The van der Waals surface area contributed by atoms with Gasteiger partial charge in [-0.15, -0.1) is 10.2 Å². The van der Waals surface area contributed by atoms with E-state index in [1.54, 1.807) is 18.2 Å². The van der Waals surface area contributed by atoms with E-state index in [-0.39, 0.29) is 11.6 Å². The highest BCUT2D eigenvalue weighted by molar-refractivity contribution is 7.99. The van der Waals surface area contributed by atoms with Gasteiger partial charge in [-0.25, -0.2) is 4.39 Å². The predicted molar refractivity (Wildman–Crippen MR) is 119 cm³/mol. The normalized spacial score (nSPS) is 10.9. The molecule has 3 aromatic carbocycles. The van der Waals surface area contributed by atoms with Crippen molar-refractivity contribution in [2.24, 2.45) is 0 Å². The molecule has 4 aromatic rings. The molecule has 0 aliphatic rings. The van der Waals surface area contributed by atoms with Gasteiger partial charge in [0.05, 0.1) is 12.3 Å². The lowest BCUT2D eigenvalue weighted by atomic mass is 10.1. The van der Waals surface area contributed by atoms with Crippen LogP contribution in [0.5, 0.6) is 5.75 Å². The third-order valence-electron chi connectivity index (χ3n) is 4.82. The van der Waals surface area contributed by atoms with Crippen LogP contribution >= 0.6 is 11.8 Å². The molecule has 0 radical (unpaired) electrons. The van der Waals surface area contributed by atoms with Crippen LogP contribution in [0.2, 0.25) is 0 Å². The van der Waals surface area contributed by atoms with Gasteiger partial charge < -0.3 is 4.74 Å². The molecule has 0 atom stereocenters. The number of hydrogen-bond donors (Lipinski definition) is 0. The molecule has 0 saturated carbocycles. The summed E-state index contributed by atoms with van der Waals surface area (Å²) < 4.78 is 21.4. The molecule has 0 aliphatic heterocycles. The average Bonchev–Trinajstić information content (AvgIpc) is 3.19. The molecule has 30 heavy (non-hydrogen) atoms. The van der Waals surface area contributed by atoms with Crippen LogP contribution in [0, 0.1) is 19.7 Å². The summed E-state index contributed by atoms with van der Waals surface area (Å²) in [6.45, 7) is 4.56. The Hall–Kier alpha value is -3.12. The van der Waals surface area contributed by atoms with E-state index in [1.807, 2.05) is 30.3 Å². The van der Waals surface area contributed by atoms with E-state index in [1.165, 1.54) is 29.0 Å². The summed E-state index contributed by atoms with van der Waals surface area (Å²) in [5.74, 6) is 1.31. The summed E-state index contributed by atoms with van der Waals surface area (Å²) in [5.41, 5.74) is 4.46. The first-order valence-electron chi connectivity index (χ1n) is 9.72. The molecular weight excluding hydrogens is 397 g/mol. The van der Waals surface area contributed by atoms with Crippen LogP contribution in [0.25, 0.3) is 17.1 Å². The Bertz CT molecular complexity index is 1140. The quantitative estimate of drug-likeness (QED) is 0.278. The van der Waals surface area contributed by atoms with E-state index in [4.69, 9.17) is 4.74 Å². The number of ether oxygens (including phenoxy) is 1. The number of nitrogens with zero attached hydrogens (tertiary/aromatic N) is 3. The zero-order valence-electron chi connectivity index (χ0n) is 16.9. The average molecular weight is 420 g/mol. The van der Waals surface area contributed by atoms with E-state index in [9.17, 15) is 4.39 Å². The van der Waals surface area contributed by atoms with Gasteiger partial charge in [-0.2, -0.15) is 0 Å². The Labute approximate surface area is 179 Å². The van der Waals surface area contributed by atoms with Gasteiger partial charge in [-0.05, 0) is 49.2 Å². The third-order valence-corrected chi connectivity index (χ3v) is 5.72. The van der Waals surface area contributed by atoms with Gasteiger partial charge in [0.1, 0.15) is 0 Å². The smallest absolute Gasteiger partial charge is 0.196 e. The largest absolute Gasteiger partial charge is 0.490 e. The maximum atomic E-state index is 13.7. The summed E-state index contributed by atoms with van der Waals surface area (Å²) in [7, 11) is 0. The topological polar surface area (TPSA) is 39.9 Å². The Morgan fingerprint density at radius 1 is 0.900 bits per heavy atom. The summed E-state index contributed by atoms with van der Waals surface area (Å²) in [6.07, 6.45) is 0. The van der Waals surface area contributed by atoms with E-state index < -0.39 is 0 Å². The molecule has 0 bridgehead atoms. The molecule has 152 valence electrons. The highest BCUT2D eigenvalue weighted by Crippen LogP contribution is 2.29. The molecule has 0 N–H and O–H groups in total. The first-order valence-corrected chi connectivity index (χ1v) is 10.7. The summed E-state index contributed by atoms with van der Waals surface area (Å²) in [5, 5.41) is 9.66. The minimum absolute atomic E-state index is 0.263. The van der Waals surface area contributed by atoms with Crippen molar-refractivity contribution in [1.82, 2.24) is 14.8 Å². The van der Waals surface area contributed by atoms with E-state index in [0.717, 1.165) is 22.2 Å². The minimum Gasteiger partial charge on any atom is -0.490 e. The lowest BCUT2D eigenvalue weighted by Crippen LogP contribution is -2.04. The second-order valence-electron chi connectivity index (χ2n) is 6.90. The van der Waals surface area contributed by atoms with E-state index in [2.05, 4.69) is 46.8 Å². The van der Waals surface area contributed by atoms with Crippen molar-refractivity contribution in [1.29, 1.82) is 0 Å². The van der Waals surface area contributed by atoms with Crippen LogP contribution in [0.3, 0.4) is 0 Å². The molecule has 4 nitrogen and oxygen atoms in total. The first kappa shape index (κ1) is 20.2. The zero-order valence-corrected chi connectivity index (χ0v) is 17.7. The fraction of sp³-hybridized carbons (Fsp3) is 0.167. The number of hydrogen-bond acceptors (Lipinski definition) is 4. The van der Waals surface area contributed by atoms with Gasteiger partial charge in [-0.1, -0.05) is 60.3 Å². The standard InChI is InChI=1S/C24H22FN3OS/c1-17-12-13-20(16-18(17)2)28-23(19-8-4-3-5-9-19)26-27-24(28)30-15-14-29-22-11-7-6-10-21(22)25/h3-13,16H,14-15H2,1-2H3. The first-order chi connectivity index (χ1) is 14.6. The number of rotatable bonds is 7. The van der Waals surface area contributed by atoms with E-state index >= 15 is 0 Å². The number of aryl methyl sites for hydroxylation is 2. The summed E-state index contributed by atoms with van der Waals surface area (Å²) in [6, 6.07) is 22.8. The Morgan fingerprint density at radius 3 is 2.43 bits per heavy atom. The SMILES string of the molecule is Cc1ccc(-n2c(SCCOc3ccccc3F)nnc2-c2ccccc2)cc1C. The van der Waals surface area contributed by atoms with Gasteiger partial charge in [0, 0.05) is 11.3 Å². The lowest BCUT2D eigenvalue weighted by molar-refractivity contribution is 0.325. The van der Waals surface area contributed by atoms with Crippen molar-refractivity contribution < 1.29 is 9.13 Å². The highest BCUT2D eigenvalue weighted by atomic mass is 32.2. The van der Waals surface area contributed by atoms with Crippen molar-refractivity contribution in [3.05, 3.63) is 89.7 Å². The fourth-order valence-corrected chi connectivity index (χ4v) is 3.85. The number of benzene rings is 3. The van der Waals surface area contributed by atoms with Crippen molar-refractivity contribution in [3.8, 4) is 22.8 Å². The number of halogens is 1. The second-order valence-corrected chi connectivity index (χ2v) is 7.97. The molecule has 6 heteroatoms. The van der Waals surface area contributed by atoms with E-state index in [0.29, 0.717) is 12.4 Å². The zero-order chi connectivity index (χ0) is 20.9. The lowest BCUT2D eigenvalue weighted by Gasteiger charge is -2.12. The van der Waals surface area contributed by atoms with Gasteiger partial charge in [0.25, 0.3) is 0 Å². The van der Waals surface area contributed by atoms with Crippen molar-refractivity contribution >= 4 is 11.8 Å². The Morgan fingerprint density at radius 2 is 1.67 bits per heavy atom. The summed E-state index contributed by atoms with van der Waals surface area (Å²) >= 11 is 1.53. The van der Waals surface area contributed by atoms with Gasteiger partial charge in [0.15, 0.2) is 22.5 Å². The maximum absolute atomic E-state index is 13.7. The maximum Gasteiger partial charge on any atom is 0.196 e.